The Hall–Kier alpha value is -6.00. The molecule has 4 heteroatoms. The Kier molecular flexibility index (Phi) is 6.88. The van der Waals surface area contributed by atoms with Gasteiger partial charge in [-0.05, 0) is 70.8 Å². The number of aromatic nitrogens is 1. The lowest BCUT2D eigenvalue weighted by molar-refractivity contribution is 0.477. The standard InChI is InChI=1S/C42H28BNO2/c43-37-23-21-29(28-11-2-1-3-12-28)27-42(37)46-32-14-10-13-30(25-32)36-26-31(22-24-41(36)45)33-15-4-7-18-38(33)44-39-19-8-5-16-34(39)35-17-6-9-20-40(35)44/h1-27,45H. The van der Waals surface area contributed by atoms with Gasteiger partial charge in [0.2, 0.25) is 0 Å². The molecule has 0 saturated heterocycles. The van der Waals surface area contributed by atoms with Gasteiger partial charge in [0.1, 0.15) is 25.1 Å². The van der Waals surface area contributed by atoms with Crippen molar-refractivity contribution in [1.29, 1.82) is 0 Å². The van der Waals surface area contributed by atoms with Gasteiger partial charge >= 0.3 is 0 Å². The SMILES string of the molecule is [B]c1ccc(-c2ccccc2)cc1Oc1cccc(-c2cc(-c3ccccc3-n3c4ccccc4c4ccccc43)ccc2O)c1. The maximum absolute atomic E-state index is 11.1. The van der Waals surface area contributed by atoms with Crippen LogP contribution in [0.4, 0.5) is 0 Å². The topological polar surface area (TPSA) is 34.4 Å². The number of phenols is 1. The Labute approximate surface area is 269 Å². The molecule has 0 unspecified atom stereocenters. The smallest absolute Gasteiger partial charge is 0.128 e. The van der Waals surface area contributed by atoms with Crippen LogP contribution in [-0.4, -0.2) is 17.5 Å². The van der Waals surface area contributed by atoms with E-state index >= 15 is 0 Å². The van der Waals surface area contributed by atoms with Gasteiger partial charge in [0.05, 0.1) is 16.7 Å². The monoisotopic (exact) mass is 589 g/mol. The highest BCUT2D eigenvalue weighted by Crippen LogP contribution is 2.40. The predicted octanol–water partition coefficient (Wildman–Crippen LogP) is 10.1. The van der Waals surface area contributed by atoms with E-state index in [9.17, 15) is 5.11 Å². The van der Waals surface area contributed by atoms with E-state index in [-0.39, 0.29) is 5.75 Å². The predicted molar refractivity (Wildman–Crippen MR) is 191 cm³/mol. The summed E-state index contributed by atoms with van der Waals surface area (Å²) in [6.45, 7) is 0. The third kappa shape index (κ3) is 4.91. The number of hydrogen-bond acceptors (Lipinski definition) is 2. The van der Waals surface area contributed by atoms with Crippen molar-refractivity contribution in [2.24, 2.45) is 0 Å². The zero-order valence-corrected chi connectivity index (χ0v) is 25.0. The lowest BCUT2D eigenvalue weighted by Gasteiger charge is -2.16. The van der Waals surface area contributed by atoms with Crippen LogP contribution < -0.4 is 10.2 Å². The van der Waals surface area contributed by atoms with E-state index in [1.54, 1.807) is 6.07 Å². The number of nitrogens with zero attached hydrogens (tertiary/aromatic N) is 1. The summed E-state index contributed by atoms with van der Waals surface area (Å²) in [4.78, 5) is 0. The first-order valence-electron chi connectivity index (χ1n) is 15.3. The van der Waals surface area contributed by atoms with Crippen molar-refractivity contribution in [2.45, 2.75) is 0 Å². The van der Waals surface area contributed by atoms with Crippen molar-refractivity contribution in [3.8, 4) is 56.3 Å². The number of fused-ring (bicyclic) bond motifs is 3. The number of phenolic OH excluding ortho intramolecular Hbond substituents is 1. The van der Waals surface area contributed by atoms with Crippen LogP contribution in [0.3, 0.4) is 0 Å². The number of para-hydroxylation sites is 3. The molecule has 0 aliphatic carbocycles. The van der Waals surface area contributed by atoms with Crippen molar-refractivity contribution < 1.29 is 9.84 Å². The van der Waals surface area contributed by atoms with Crippen LogP contribution in [-0.2, 0) is 0 Å². The summed E-state index contributed by atoms with van der Waals surface area (Å²) in [5.74, 6) is 1.40. The second kappa shape index (κ2) is 11.5. The van der Waals surface area contributed by atoms with Crippen molar-refractivity contribution in [1.82, 2.24) is 4.57 Å². The van der Waals surface area contributed by atoms with Crippen LogP contribution in [0.2, 0.25) is 0 Å². The van der Waals surface area contributed by atoms with Crippen LogP contribution in [0.1, 0.15) is 0 Å². The second-order valence-corrected chi connectivity index (χ2v) is 11.4. The Morgan fingerprint density at radius 2 is 1.11 bits per heavy atom. The van der Waals surface area contributed by atoms with Crippen molar-refractivity contribution in [3.05, 3.63) is 164 Å². The molecule has 7 aromatic carbocycles. The van der Waals surface area contributed by atoms with E-state index in [4.69, 9.17) is 12.6 Å². The number of rotatable bonds is 6. The Morgan fingerprint density at radius 3 is 1.89 bits per heavy atom. The van der Waals surface area contributed by atoms with E-state index in [0.29, 0.717) is 22.5 Å². The first kappa shape index (κ1) is 27.5. The van der Waals surface area contributed by atoms with E-state index in [1.807, 2.05) is 72.8 Å². The molecule has 0 spiro atoms. The molecular formula is C42H28BNO2. The van der Waals surface area contributed by atoms with Gasteiger partial charge in [0.25, 0.3) is 0 Å². The molecule has 0 aliphatic heterocycles. The van der Waals surface area contributed by atoms with Gasteiger partial charge in [-0.3, -0.25) is 0 Å². The highest BCUT2D eigenvalue weighted by molar-refractivity contribution is 6.34. The number of benzene rings is 7. The van der Waals surface area contributed by atoms with Crippen LogP contribution in [0.5, 0.6) is 17.2 Å². The van der Waals surface area contributed by atoms with Crippen LogP contribution in [0, 0.1) is 0 Å². The van der Waals surface area contributed by atoms with Crippen LogP contribution in [0.25, 0.3) is 60.9 Å². The van der Waals surface area contributed by atoms with Crippen molar-refractivity contribution in [3.63, 3.8) is 0 Å². The molecule has 0 bridgehead atoms. The number of aromatic hydroxyl groups is 1. The maximum Gasteiger partial charge on any atom is 0.128 e. The summed E-state index contributed by atoms with van der Waals surface area (Å²) in [7, 11) is 6.33. The summed E-state index contributed by atoms with van der Waals surface area (Å²) in [6.07, 6.45) is 0. The third-order valence-corrected chi connectivity index (χ3v) is 8.53. The summed E-state index contributed by atoms with van der Waals surface area (Å²) < 4.78 is 8.66. The van der Waals surface area contributed by atoms with Gasteiger partial charge in [-0.1, -0.05) is 121 Å². The van der Waals surface area contributed by atoms with E-state index in [1.165, 1.54) is 10.8 Å². The molecule has 3 nitrogen and oxygen atoms in total. The Morgan fingerprint density at radius 1 is 0.478 bits per heavy atom. The molecular weight excluding hydrogens is 561 g/mol. The maximum atomic E-state index is 11.1. The zero-order valence-electron chi connectivity index (χ0n) is 25.0. The first-order valence-corrected chi connectivity index (χ1v) is 15.3. The molecule has 216 valence electrons. The molecule has 0 fully saturated rings. The fraction of sp³-hybridized carbons (Fsp3) is 0. The fourth-order valence-electron chi connectivity index (χ4n) is 6.32. The van der Waals surface area contributed by atoms with Crippen molar-refractivity contribution >= 4 is 35.1 Å². The number of ether oxygens (including phenoxy) is 1. The highest BCUT2D eigenvalue weighted by atomic mass is 16.5. The van der Waals surface area contributed by atoms with E-state index in [2.05, 4.69) is 89.5 Å². The van der Waals surface area contributed by atoms with Gasteiger partial charge in [0.15, 0.2) is 0 Å². The lowest BCUT2D eigenvalue weighted by Crippen LogP contribution is -2.06. The van der Waals surface area contributed by atoms with Gasteiger partial charge in [-0.15, -0.1) is 0 Å². The Bertz CT molecular complexity index is 2320. The summed E-state index contributed by atoms with van der Waals surface area (Å²) in [6, 6.07) is 54.9. The molecule has 46 heavy (non-hydrogen) atoms. The minimum Gasteiger partial charge on any atom is -0.507 e. The average molecular weight is 590 g/mol. The third-order valence-electron chi connectivity index (χ3n) is 8.53. The molecule has 1 aromatic heterocycles. The van der Waals surface area contributed by atoms with Crippen LogP contribution >= 0.6 is 0 Å². The second-order valence-electron chi connectivity index (χ2n) is 11.4. The number of hydrogen-bond donors (Lipinski definition) is 1. The molecule has 2 radical (unpaired) electrons. The zero-order chi connectivity index (χ0) is 31.0. The molecule has 0 saturated carbocycles. The van der Waals surface area contributed by atoms with E-state index in [0.717, 1.165) is 44.5 Å². The summed E-state index contributed by atoms with van der Waals surface area (Å²) in [5, 5.41) is 13.5. The molecule has 8 aromatic rings. The molecule has 8 rings (SSSR count). The molecule has 0 aliphatic rings. The van der Waals surface area contributed by atoms with Gasteiger partial charge in [-0.25, -0.2) is 0 Å². The van der Waals surface area contributed by atoms with Crippen LogP contribution in [0.15, 0.2) is 164 Å². The molecule has 0 atom stereocenters. The summed E-state index contributed by atoms with van der Waals surface area (Å²) in [5.41, 5.74) is 9.64. The average Bonchev–Trinajstić information content (AvgIpc) is 3.44. The minimum atomic E-state index is 0.195. The quantitative estimate of drug-likeness (QED) is 0.196. The first-order chi connectivity index (χ1) is 22.6. The van der Waals surface area contributed by atoms with Crippen molar-refractivity contribution in [2.75, 3.05) is 0 Å². The largest absolute Gasteiger partial charge is 0.507 e. The normalized spacial score (nSPS) is 11.2. The van der Waals surface area contributed by atoms with Gasteiger partial charge < -0.3 is 14.4 Å². The Balaban J connectivity index is 1.19. The van der Waals surface area contributed by atoms with E-state index < -0.39 is 0 Å². The molecule has 0 amide bonds. The lowest BCUT2D eigenvalue weighted by atomic mass is 9.92. The summed E-state index contributed by atoms with van der Waals surface area (Å²) >= 11 is 0. The molecule has 1 heterocycles. The van der Waals surface area contributed by atoms with Gasteiger partial charge in [0, 0.05) is 21.9 Å². The van der Waals surface area contributed by atoms with Gasteiger partial charge in [-0.2, -0.15) is 0 Å². The molecule has 1 N–H and O–H groups in total. The fourth-order valence-corrected chi connectivity index (χ4v) is 6.32. The minimum absolute atomic E-state index is 0.195. The highest BCUT2D eigenvalue weighted by Gasteiger charge is 2.16.